The third-order valence-electron chi connectivity index (χ3n) is 3.41. The molecule has 18 heavy (non-hydrogen) atoms. The van der Waals surface area contributed by atoms with Gasteiger partial charge < -0.3 is 10.4 Å². The van der Waals surface area contributed by atoms with Gasteiger partial charge in [0.05, 0.1) is 11.8 Å². The third kappa shape index (κ3) is 2.20. The van der Waals surface area contributed by atoms with Crippen LogP contribution < -0.4 is 5.32 Å². The SMILES string of the molecule is CN1C(=O)CCC(NC(=O)C2CC2C(=O)O)C1=O. The molecule has 1 heterocycles. The number of likely N-dealkylation sites (N-methyl/N-ethyl adjacent to an activating group) is 1. The van der Waals surface area contributed by atoms with Crippen molar-refractivity contribution in [1.29, 1.82) is 0 Å². The van der Waals surface area contributed by atoms with E-state index in [2.05, 4.69) is 5.32 Å². The molecule has 2 fully saturated rings. The molecule has 1 aliphatic carbocycles. The smallest absolute Gasteiger partial charge is 0.307 e. The highest BCUT2D eigenvalue weighted by molar-refractivity contribution is 6.02. The van der Waals surface area contributed by atoms with Crippen molar-refractivity contribution in [2.75, 3.05) is 7.05 Å². The van der Waals surface area contributed by atoms with Crippen molar-refractivity contribution >= 4 is 23.7 Å². The predicted molar refractivity (Wildman–Crippen MR) is 58.2 cm³/mol. The van der Waals surface area contributed by atoms with Crippen molar-refractivity contribution in [2.24, 2.45) is 11.8 Å². The highest BCUT2D eigenvalue weighted by atomic mass is 16.4. The van der Waals surface area contributed by atoms with E-state index < -0.39 is 35.7 Å². The standard InChI is InChI=1S/C11H14N2O5/c1-13-8(14)3-2-7(10(13)16)12-9(15)5-4-6(5)11(17)18/h5-7H,2-4H2,1H3,(H,12,15)(H,17,18). The van der Waals surface area contributed by atoms with Crippen molar-refractivity contribution in [3.63, 3.8) is 0 Å². The monoisotopic (exact) mass is 254 g/mol. The number of aliphatic carboxylic acids is 1. The minimum absolute atomic E-state index is 0.209. The van der Waals surface area contributed by atoms with Crippen molar-refractivity contribution < 1.29 is 24.3 Å². The first-order valence-corrected chi connectivity index (χ1v) is 5.75. The Morgan fingerprint density at radius 1 is 1.33 bits per heavy atom. The Morgan fingerprint density at radius 3 is 2.56 bits per heavy atom. The first-order valence-electron chi connectivity index (χ1n) is 5.75. The molecule has 1 saturated carbocycles. The molecule has 0 aromatic rings. The van der Waals surface area contributed by atoms with Gasteiger partial charge in [-0.1, -0.05) is 0 Å². The van der Waals surface area contributed by atoms with Crippen molar-refractivity contribution in [1.82, 2.24) is 10.2 Å². The van der Waals surface area contributed by atoms with E-state index in [1.807, 2.05) is 0 Å². The quantitative estimate of drug-likeness (QED) is 0.627. The number of carbonyl (C=O) groups is 4. The second-order valence-electron chi connectivity index (χ2n) is 4.68. The van der Waals surface area contributed by atoms with E-state index >= 15 is 0 Å². The van der Waals surface area contributed by atoms with Crippen molar-refractivity contribution in [3.05, 3.63) is 0 Å². The maximum absolute atomic E-state index is 11.7. The minimum Gasteiger partial charge on any atom is -0.481 e. The largest absolute Gasteiger partial charge is 0.481 e. The summed E-state index contributed by atoms with van der Waals surface area (Å²) in [6.07, 6.45) is 0.801. The van der Waals surface area contributed by atoms with Crippen LogP contribution in [0.4, 0.5) is 0 Å². The van der Waals surface area contributed by atoms with Gasteiger partial charge in [-0.25, -0.2) is 0 Å². The zero-order chi connectivity index (χ0) is 13.4. The van der Waals surface area contributed by atoms with Crippen LogP contribution in [0.1, 0.15) is 19.3 Å². The molecule has 2 aliphatic rings. The Hall–Kier alpha value is -1.92. The van der Waals surface area contributed by atoms with Crippen LogP contribution in [0.5, 0.6) is 0 Å². The number of piperidine rings is 1. The number of amides is 3. The summed E-state index contributed by atoms with van der Waals surface area (Å²) in [5, 5.41) is 11.2. The van der Waals surface area contributed by atoms with Crippen LogP contribution in [0.15, 0.2) is 0 Å². The van der Waals surface area contributed by atoms with E-state index in [0.29, 0.717) is 6.42 Å². The average molecular weight is 254 g/mol. The van der Waals surface area contributed by atoms with E-state index in [4.69, 9.17) is 5.11 Å². The van der Waals surface area contributed by atoms with Crippen LogP contribution in [0, 0.1) is 11.8 Å². The molecule has 3 unspecified atom stereocenters. The van der Waals surface area contributed by atoms with E-state index in [0.717, 1.165) is 4.90 Å². The van der Waals surface area contributed by atoms with Gasteiger partial charge in [0.1, 0.15) is 6.04 Å². The van der Waals surface area contributed by atoms with E-state index in [-0.39, 0.29) is 18.7 Å². The summed E-state index contributed by atoms with van der Waals surface area (Å²) in [7, 11) is 1.38. The summed E-state index contributed by atoms with van der Waals surface area (Å²) in [6.45, 7) is 0. The van der Waals surface area contributed by atoms with Crippen molar-refractivity contribution in [3.8, 4) is 0 Å². The van der Waals surface area contributed by atoms with Gasteiger partial charge in [0.2, 0.25) is 11.8 Å². The fourth-order valence-corrected chi connectivity index (χ4v) is 2.09. The first-order chi connectivity index (χ1) is 8.41. The number of hydrogen-bond donors (Lipinski definition) is 2. The molecule has 3 atom stereocenters. The molecule has 98 valence electrons. The lowest BCUT2D eigenvalue weighted by Crippen LogP contribution is -2.53. The summed E-state index contributed by atoms with van der Waals surface area (Å²) < 4.78 is 0. The molecule has 0 radical (unpaired) electrons. The molecule has 7 nitrogen and oxygen atoms in total. The Morgan fingerprint density at radius 2 is 2.00 bits per heavy atom. The molecule has 0 aromatic heterocycles. The second-order valence-corrected chi connectivity index (χ2v) is 4.68. The second kappa shape index (κ2) is 4.40. The van der Waals surface area contributed by atoms with Gasteiger partial charge in [-0.15, -0.1) is 0 Å². The van der Waals surface area contributed by atoms with Crippen LogP contribution >= 0.6 is 0 Å². The van der Waals surface area contributed by atoms with Crippen molar-refractivity contribution in [2.45, 2.75) is 25.3 Å². The molecule has 7 heteroatoms. The fourth-order valence-electron chi connectivity index (χ4n) is 2.09. The van der Waals surface area contributed by atoms with Crippen LogP contribution in [0.25, 0.3) is 0 Å². The molecule has 0 spiro atoms. The fraction of sp³-hybridized carbons (Fsp3) is 0.636. The molecular formula is C11H14N2O5. The van der Waals surface area contributed by atoms with Gasteiger partial charge in [-0.05, 0) is 12.8 Å². The van der Waals surface area contributed by atoms with Crippen LogP contribution in [0.2, 0.25) is 0 Å². The summed E-state index contributed by atoms with van der Waals surface area (Å²) in [6, 6.07) is -0.713. The summed E-state index contributed by atoms with van der Waals surface area (Å²) in [5.74, 6) is -3.28. The molecular weight excluding hydrogens is 240 g/mol. The lowest BCUT2D eigenvalue weighted by atomic mass is 10.0. The number of likely N-dealkylation sites (tertiary alicyclic amines) is 1. The van der Waals surface area contributed by atoms with E-state index in [1.54, 1.807) is 0 Å². The topological polar surface area (TPSA) is 104 Å². The van der Waals surface area contributed by atoms with Gasteiger partial charge in [0.15, 0.2) is 0 Å². The first kappa shape index (κ1) is 12.5. The summed E-state index contributed by atoms with van der Waals surface area (Å²) in [5.41, 5.74) is 0. The normalized spacial score (nSPS) is 31.2. The zero-order valence-corrected chi connectivity index (χ0v) is 9.88. The maximum Gasteiger partial charge on any atom is 0.307 e. The number of carbonyl (C=O) groups excluding carboxylic acids is 3. The van der Waals surface area contributed by atoms with Crippen LogP contribution in [-0.2, 0) is 19.2 Å². The van der Waals surface area contributed by atoms with Crippen LogP contribution in [-0.4, -0.2) is 46.8 Å². The number of imide groups is 1. The molecule has 1 aliphatic heterocycles. The number of hydrogen-bond acceptors (Lipinski definition) is 4. The summed E-state index contributed by atoms with van der Waals surface area (Å²) >= 11 is 0. The average Bonchev–Trinajstić information content (AvgIpc) is 3.10. The van der Waals surface area contributed by atoms with Crippen LogP contribution in [0.3, 0.4) is 0 Å². The Labute approximate surface area is 103 Å². The number of nitrogens with zero attached hydrogens (tertiary/aromatic N) is 1. The molecule has 3 amide bonds. The Bertz CT molecular complexity index is 433. The number of carboxylic acids is 1. The maximum atomic E-state index is 11.7. The van der Waals surface area contributed by atoms with E-state index in [1.165, 1.54) is 7.05 Å². The number of rotatable bonds is 3. The van der Waals surface area contributed by atoms with Gasteiger partial charge >= 0.3 is 5.97 Å². The number of nitrogens with one attached hydrogen (secondary N) is 1. The van der Waals surface area contributed by atoms with Gasteiger partial charge in [-0.2, -0.15) is 0 Å². The third-order valence-corrected chi connectivity index (χ3v) is 3.41. The summed E-state index contributed by atoms with van der Waals surface area (Å²) in [4.78, 5) is 46.3. The Balaban J connectivity index is 1.91. The minimum atomic E-state index is -0.989. The van der Waals surface area contributed by atoms with Gasteiger partial charge in [-0.3, -0.25) is 24.1 Å². The zero-order valence-electron chi connectivity index (χ0n) is 9.88. The molecule has 1 saturated heterocycles. The lowest BCUT2D eigenvalue weighted by Gasteiger charge is -2.28. The van der Waals surface area contributed by atoms with Gasteiger partial charge in [0.25, 0.3) is 5.91 Å². The molecule has 0 bridgehead atoms. The molecule has 2 N–H and O–H groups in total. The molecule has 0 aromatic carbocycles. The highest BCUT2D eigenvalue weighted by Gasteiger charge is 2.49. The van der Waals surface area contributed by atoms with Gasteiger partial charge in [0, 0.05) is 13.5 Å². The van der Waals surface area contributed by atoms with E-state index in [9.17, 15) is 19.2 Å². The predicted octanol–water partition coefficient (Wildman–Crippen LogP) is -1.03. The highest BCUT2D eigenvalue weighted by Crippen LogP contribution is 2.38. The lowest BCUT2D eigenvalue weighted by molar-refractivity contribution is -0.149. The Kier molecular flexibility index (Phi) is 3.06. The molecule has 2 rings (SSSR count). The number of carboxylic acid groups (broad SMARTS) is 1.